The lowest BCUT2D eigenvalue weighted by Gasteiger charge is -2.23. The summed E-state index contributed by atoms with van der Waals surface area (Å²) in [5, 5.41) is 2.70. The SMILES string of the molecule is Cn1c(=O)[nH]c2cc(C(=O)NCc3ccc(C(F)(F)F)c(OCC4CCOCC4)c3)ccc21. The number of fused-ring (bicyclic) bond motifs is 1. The molecule has 0 unspecified atom stereocenters. The normalized spacial score (nSPS) is 15.0. The summed E-state index contributed by atoms with van der Waals surface area (Å²) in [7, 11) is 1.62. The van der Waals surface area contributed by atoms with Crippen LogP contribution in [0.1, 0.15) is 34.3 Å². The quantitative estimate of drug-likeness (QED) is 0.585. The van der Waals surface area contributed by atoms with Gasteiger partial charge in [-0.3, -0.25) is 9.36 Å². The highest BCUT2D eigenvalue weighted by Crippen LogP contribution is 2.37. The molecule has 0 aliphatic carbocycles. The number of benzene rings is 2. The molecule has 1 amide bonds. The molecule has 33 heavy (non-hydrogen) atoms. The first-order chi connectivity index (χ1) is 15.7. The average Bonchev–Trinajstić information content (AvgIpc) is 3.08. The number of halogens is 3. The Morgan fingerprint density at radius 3 is 2.70 bits per heavy atom. The maximum absolute atomic E-state index is 13.4. The summed E-state index contributed by atoms with van der Waals surface area (Å²) < 4.78 is 52.6. The third kappa shape index (κ3) is 5.22. The third-order valence-corrected chi connectivity index (χ3v) is 5.79. The van der Waals surface area contributed by atoms with E-state index in [1.54, 1.807) is 25.2 Å². The van der Waals surface area contributed by atoms with E-state index in [-0.39, 0.29) is 30.5 Å². The van der Waals surface area contributed by atoms with Crippen molar-refractivity contribution in [3.63, 3.8) is 0 Å². The maximum Gasteiger partial charge on any atom is 0.419 e. The number of carbonyl (C=O) groups excluding carboxylic acids is 1. The molecule has 3 aromatic rings. The lowest BCUT2D eigenvalue weighted by molar-refractivity contribution is -0.139. The number of ether oxygens (including phenoxy) is 2. The lowest BCUT2D eigenvalue weighted by Crippen LogP contribution is -2.23. The molecule has 1 aliphatic rings. The number of nitrogens with one attached hydrogen (secondary N) is 2. The van der Waals surface area contributed by atoms with Crippen LogP contribution in [0.2, 0.25) is 0 Å². The molecule has 2 heterocycles. The van der Waals surface area contributed by atoms with Gasteiger partial charge in [-0.25, -0.2) is 4.79 Å². The van der Waals surface area contributed by atoms with Crippen LogP contribution in [-0.4, -0.2) is 35.3 Å². The monoisotopic (exact) mass is 463 g/mol. The van der Waals surface area contributed by atoms with E-state index in [9.17, 15) is 22.8 Å². The largest absolute Gasteiger partial charge is 0.493 e. The molecule has 2 aromatic carbocycles. The second-order valence-electron chi connectivity index (χ2n) is 8.10. The van der Waals surface area contributed by atoms with E-state index in [4.69, 9.17) is 9.47 Å². The van der Waals surface area contributed by atoms with Crippen molar-refractivity contribution in [1.29, 1.82) is 0 Å². The Kier molecular flexibility index (Phi) is 6.46. The summed E-state index contributed by atoms with van der Waals surface area (Å²) in [5.41, 5.74) is 0.850. The molecule has 0 spiro atoms. The lowest BCUT2D eigenvalue weighted by atomic mass is 10.0. The highest BCUT2D eigenvalue weighted by atomic mass is 19.4. The zero-order chi connectivity index (χ0) is 23.6. The van der Waals surface area contributed by atoms with Crippen LogP contribution in [0.15, 0.2) is 41.2 Å². The molecule has 176 valence electrons. The molecular weight excluding hydrogens is 439 g/mol. The van der Waals surface area contributed by atoms with Crippen molar-refractivity contribution in [3.05, 3.63) is 63.6 Å². The minimum Gasteiger partial charge on any atom is -0.493 e. The Morgan fingerprint density at radius 1 is 1.21 bits per heavy atom. The molecule has 1 aliphatic heterocycles. The molecule has 4 rings (SSSR count). The van der Waals surface area contributed by atoms with Gasteiger partial charge < -0.3 is 19.8 Å². The predicted octanol–water partition coefficient (Wildman–Crippen LogP) is 3.62. The van der Waals surface area contributed by atoms with Gasteiger partial charge in [0, 0.05) is 32.4 Å². The summed E-state index contributed by atoms with van der Waals surface area (Å²) in [6.45, 7) is 1.36. The standard InChI is InChI=1S/C23H24F3N3O4/c1-29-19-5-3-16(11-18(19)28-22(29)31)21(30)27-12-15-2-4-17(23(24,25)26)20(10-15)33-13-14-6-8-32-9-7-14/h2-5,10-11,14H,6-9,12-13H2,1H3,(H,27,30)(H,28,31). The Morgan fingerprint density at radius 2 is 1.97 bits per heavy atom. The van der Waals surface area contributed by atoms with Crippen LogP contribution < -0.4 is 15.7 Å². The van der Waals surface area contributed by atoms with E-state index < -0.39 is 17.6 Å². The summed E-state index contributed by atoms with van der Waals surface area (Å²) >= 11 is 0. The van der Waals surface area contributed by atoms with Crippen LogP contribution in [-0.2, 0) is 24.5 Å². The molecule has 0 bridgehead atoms. The number of hydrogen-bond acceptors (Lipinski definition) is 4. The topological polar surface area (TPSA) is 85.4 Å². The second-order valence-corrected chi connectivity index (χ2v) is 8.10. The van der Waals surface area contributed by atoms with Gasteiger partial charge in [0.05, 0.1) is 23.2 Å². The molecule has 10 heteroatoms. The number of aryl methyl sites for hydroxylation is 1. The fourth-order valence-electron chi connectivity index (χ4n) is 3.81. The molecule has 0 radical (unpaired) electrons. The van der Waals surface area contributed by atoms with Crippen molar-refractivity contribution in [1.82, 2.24) is 14.9 Å². The van der Waals surface area contributed by atoms with Crippen molar-refractivity contribution in [2.75, 3.05) is 19.8 Å². The van der Waals surface area contributed by atoms with Gasteiger partial charge in [0.1, 0.15) is 5.75 Å². The molecule has 1 saturated heterocycles. The summed E-state index contributed by atoms with van der Waals surface area (Å²) in [5.74, 6) is -0.516. The number of carbonyl (C=O) groups is 1. The smallest absolute Gasteiger partial charge is 0.419 e. The average molecular weight is 463 g/mol. The van der Waals surface area contributed by atoms with E-state index in [1.807, 2.05) is 0 Å². The number of imidazole rings is 1. The summed E-state index contributed by atoms with van der Waals surface area (Å²) in [4.78, 5) is 26.9. The van der Waals surface area contributed by atoms with Gasteiger partial charge in [-0.05, 0) is 54.7 Å². The van der Waals surface area contributed by atoms with Crippen molar-refractivity contribution >= 4 is 16.9 Å². The minimum absolute atomic E-state index is 0.0218. The Labute approximate surface area is 187 Å². The zero-order valence-corrected chi connectivity index (χ0v) is 18.0. The first kappa shape index (κ1) is 22.9. The van der Waals surface area contributed by atoms with E-state index in [0.717, 1.165) is 18.9 Å². The highest BCUT2D eigenvalue weighted by Gasteiger charge is 2.34. The van der Waals surface area contributed by atoms with Crippen molar-refractivity contribution in [2.24, 2.45) is 13.0 Å². The molecule has 1 fully saturated rings. The van der Waals surface area contributed by atoms with Crippen LogP contribution in [0.4, 0.5) is 13.2 Å². The maximum atomic E-state index is 13.4. The van der Waals surface area contributed by atoms with Crippen molar-refractivity contribution in [2.45, 2.75) is 25.6 Å². The van der Waals surface area contributed by atoms with Crippen LogP contribution in [0.3, 0.4) is 0 Å². The number of hydrogen-bond donors (Lipinski definition) is 2. The Hall–Kier alpha value is -3.27. The van der Waals surface area contributed by atoms with Crippen LogP contribution >= 0.6 is 0 Å². The summed E-state index contributed by atoms with van der Waals surface area (Å²) in [6, 6.07) is 8.41. The molecule has 0 saturated carbocycles. The number of H-pyrrole nitrogens is 1. The van der Waals surface area contributed by atoms with Crippen LogP contribution in [0.25, 0.3) is 11.0 Å². The minimum atomic E-state index is -4.55. The van der Waals surface area contributed by atoms with E-state index in [1.165, 1.54) is 16.7 Å². The number of aromatic nitrogens is 2. The van der Waals surface area contributed by atoms with Crippen LogP contribution in [0.5, 0.6) is 5.75 Å². The highest BCUT2D eigenvalue weighted by molar-refractivity contribution is 5.97. The van der Waals surface area contributed by atoms with Gasteiger partial charge >= 0.3 is 11.9 Å². The van der Waals surface area contributed by atoms with Gasteiger partial charge in [0.2, 0.25) is 0 Å². The number of aromatic amines is 1. The van der Waals surface area contributed by atoms with Gasteiger partial charge in [0.15, 0.2) is 0 Å². The molecule has 2 N–H and O–H groups in total. The van der Waals surface area contributed by atoms with Crippen molar-refractivity contribution < 1.29 is 27.4 Å². The first-order valence-corrected chi connectivity index (χ1v) is 10.6. The second kappa shape index (κ2) is 9.30. The number of nitrogens with zero attached hydrogens (tertiary/aromatic N) is 1. The first-order valence-electron chi connectivity index (χ1n) is 10.6. The number of rotatable bonds is 6. The zero-order valence-electron chi connectivity index (χ0n) is 18.0. The Balaban J connectivity index is 1.46. The number of alkyl halides is 3. The van der Waals surface area contributed by atoms with Gasteiger partial charge in [-0.1, -0.05) is 6.07 Å². The van der Waals surface area contributed by atoms with Gasteiger partial charge in [-0.15, -0.1) is 0 Å². The van der Waals surface area contributed by atoms with Crippen LogP contribution in [0, 0.1) is 5.92 Å². The molecule has 1 aromatic heterocycles. The van der Waals surface area contributed by atoms with E-state index in [0.29, 0.717) is 35.4 Å². The fraction of sp³-hybridized carbons (Fsp3) is 0.391. The molecule has 7 nitrogen and oxygen atoms in total. The Bertz CT molecular complexity index is 1210. The van der Waals surface area contributed by atoms with E-state index >= 15 is 0 Å². The third-order valence-electron chi connectivity index (χ3n) is 5.79. The molecular formula is C23H24F3N3O4. The summed E-state index contributed by atoms with van der Waals surface area (Å²) in [6.07, 6.45) is -3.06. The van der Waals surface area contributed by atoms with E-state index in [2.05, 4.69) is 10.3 Å². The number of amides is 1. The fourth-order valence-corrected chi connectivity index (χ4v) is 3.81. The van der Waals surface area contributed by atoms with Gasteiger partial charge in [-0.2, -0.15) is 13.2 Å². The van der Waals surface area contributed by atoms with Gasteiger partial charge in [0.25, 0.3) is 5.91 Å². The molecule has 0 atom stereocenters. The predicted molar refractivity (Wildman–Crippen MR) is 115 cm³/mol. The van der Waals surface area contributed by atoms with Crippen molar-refractivity contribution in [3.8, 4) is 5.75 Å².